The van der Waals surface area contributed by atoms with Gasteiger partial charge >= 0.3 is 6.09 Å². The van der Waals surface area contributed by atoms with Crippen molar-refractivity contribution in [2.75, 3.05) is 6.54 Å². The predicted octanol–water partition coefficient (Wildman–Crippen LogP) is 1.84. The monoisotopic (exact) mass is 234 g/mol. The summed E-state index contributed by atoms with van der Waals surface area (Å²) in [5.41, 5.74) is 1.10. The molecule has 0 aromatic heterocycles. The van der Waals surface area contributed by atoms with Crippen molar-refractivity contribution in [3.8, 4) is 0 Å². The molecular weight excluding hydrogens is 218 g/mol. The lowest BCUT2D eigenvalue weighted by atomic mass is 10.1. The van der Waals surface area contributed by atoms with E-state index in [4.69, 9.17) is 4.74 Å². The van der Waals surface area contributed by atoms with Gasteiger partial charge in [0.2, 0.25) is 6.29 Å². The molecule has 0 fully saturated rings. The number of carbonyl (C=O) groups is 1. The number of hydrogen-bond donors (Lipinski definition) is 1. The highest BCUT2D eigenvalue weighted by molar-refractivity contribution is 5.70. The van der Waals surface area contributed by atoms with Crippen LogP contribution in [0.1, 0.15) is 18.9 Å². The zero-order chi connectivity index (χ0) is 12.5. The first-order valence-electron chi connectivity index (χ1n) is 5.62. The third kappa shape index (κ3) is 5.15. The number of rotatable bonds is 6. The quantitative estimate of drug-likeness (QED) is 0.817. The van der Waals surface area contributed by atoms with Crippen molar-refractivity contribution in [3.05, 3.63) is 35.9 Å². The molecule has 0 aliphatic carbocycles. The molecule has 0 saturated carbocycles. The van der Waals surface area contributed by atoms with E-state index >= 15 is 0 Å². The van der Waals surface area contributed by atoms with Crippen molar-refractivity contribution in [2.45, 2.75) is 25.9 Å². The highest BCUT2D eigenvalue weighted by Gasteiger charge is 2.13. The Bertz CT molecular complexity index is 351. The van der Waals surface area contributed by atoms with E-state index in [1.807, 2.05) is 30.3 Å². The third-order valence-electron chi connectivity index (χ3n) is 2.24. The first kappa shape index (κ1) is 13.2. The molecule has 4 heteroatoms. The van der Waals surface area contributed by atoms with Gasteiger partial charge in [-0.25, -0.2) is 4.79 Å². The summed E-state index contributed by atoms with van der Waals surface area (Å²) in [4.78, 5) is 21.7. The summed E-state index contributed by atoms with van der Waals surface area (Å²) in [6.07, 6.45) is 1.48. The average molecular weight is 234 g/mol. The molecule has 1 unspecified atom stereocenters. The molecule has 0 saturated heterocycles. The molecule has 0 bridgehead atoms. The predicted molar refractivity (Wildman–Crippen MR) is 64.4 cm³/mol. The summed E-state index contributed by atoms with van der Waals surface area (Å²) in [7, 11) is 0. The minimum absolute atomic E-state index is 0.449. The molecule has 0 spiro atoms. The van der Waals surface area contributed by atoms with Crippen molar-refractivity contribution in [3.63, 3.8) is 0 Å². The molecule has 1 aromatic rings. The number of ether oxygens (including phenoxy) is 1. The standard InChI is InChI=1S/C13H16NO3/c1-2-14-13(16)17-12(10-15)9-8-11-6-4-3-5-7-11/h3-7,12H,2,8-9H2,1H3,(H,14,16). The Hall–Kier alpha value is -1.84. The van der Waals surface area contributed by atoms with E-state index in [-0.39, 0.29) is 0 Å². The maximum atomic E-state index is 11.1. The number of carbonyl (C=O) groups excluding carboxylic acids is 2. The summed E-state index contributed by atoms with van der Waals surface area (Å²) in [6, 6.07) is 9.72. The topological polar surface area (TPSA) is 55.4 Å². The number of alkyl carbamates (subject to hydrolysis) is 1. The maximum absolute atomic E-state index is 11.1. The number of aryl methyl sites for hydroxylation is 1. The summed E-state index contributed by atoms with van der Waals surface area (Å²) in [5, 5.41) is 2.47. The lowest BCUT2D eigenvalue weighted by Crippen LogP contribution is -2.29. The number of nitrogens with one attached hydrogen (secondary N) is 1. The van der Waals surface area contributed by atoms with Crippen molar-refractivity contribution in [1.29, 1.82) is 0 Å². The minimum Gasteiger partial charge on any atom is -0.438 e. The van der Waals surface area contributed by atoms with Gasteiger partial charge in [-0.05, 0) is 25.3 Å². The van der Waals surface area contributed by atoms with Crippen LogP contribution in [0.15, 0.2) is 30.3 Å². The van der Waals surface area contributed by atoms with Gasteiger partial charge in [0.25, 0.3) is 0 Å². The van der Waals surface area contributed by atoms with Gasteiger partial charge in [-0.2, -0.15) is 0 Å². The van der Waals surface area contributed by atoms with E-state index in [1.54, 1.807) is 13.2 Å². The van der Waals surface area contributed by atoms with E-state index in [1.165, 1.54) is 0 Å². The maximum Gasteiger partial charge on any atom is 0.407 e. The lowest BCUT2D eigenvalue weighted by molar-refractivity contribution is 0.122. The summed E-state index contributed by atoms with van der Waals surface area (Å²) in [6.45, 7) is 2.26. The second kappa shape index (κ2) is 7.44. The third-order valence-corrected chi connectivity index (χ3v) is 2.24. The summed E-state index contributed by atoms with van der Waals surface area (Å²) >= 11 is 0. The van der Waals surface area contributed by atoms with Gasteiger partial charge in [0, 0.05) is 6.54 Å². The minimum atomic E-state index is -0.804. The van der Waals surface area contributed by atoms with Crippen LogP contribution in [0, 0.1) is 0 Å². The average Bonchev–Trinajstić information content (AvgIpc) is 2.36. The molecule has 0 aliphatic rings. The molecule has 91 valence electrons. The van der Waals surface area contributed by atoms with Gasteiger partial charge in [-0.15, -0.1) is 0 Å². The fourth-order valence-corrected chi connectivity index (χ4v) is 1.40. The highest BCUT2D eigenvalue weighted by Crippen LogP contribution is 2.06. The normalized spacial score (nSPS) is 11.6. The second-order valence-electron chi connectivity index (χ2n) is 3.57. The van der Waals surface area contributed by atoms with E-state index in [0.29, 0.717) is 19.4 Å². The van der Waals surface area contributed by atoms with Crippen molar-refractivity contribution >= 4 is 12.4 Å². The van der Waals surface area contributed by atoms with E-state index in [0.717, 1.165) is 5.56 Å². The first-order valence-corrected chi connectivity index (χ1v) is 5.62. The Morgan fingerprint density at radius 2 is 2.12 bits per heavy atom. The largest absolute Gasteiger partial charge is 0.438 e. The van der Waals surface area contributed by atoms with Gasteiger partial charge in [-0.3, -0.25) is 4.79 Å². The van der Waals surface area contributed by atoms with Crippen molar-refractivity contribution < 1.29 is 14.3 Å². The van der Waals surface area contributed by atoms with Gasteiger partial charge in [0.05, 0.1) is 0 Å². The molecule has 1 radical (unpaired) electrons. The summed E-state index contributed by atoms with van der Waals surface area (Å²) < 4.78 is 4.89. The van der Waals surface area contributed by atoms with E-state index in [9.17, 15) is 9.59 Å². The van der Waals surface area contributed by atoms with Crippen LogP contribution in [-0.2, 0) is 16.0 Å². The zero-order valence-corrected chi connectivity index (χ0v) is 9.81. The van der Waals surface area contributed by atoms with Crippen LogP contribution in [0.2, 0.25) is 0 Å². The smallest absolute Gasteiger partial charge is 0.407 e. The number of hydrogen-bond acceptors (Lipinski definition) is 3. The molecule has 1 aromatic carbocycles. The van der Waals surface area contributed by atoms with Crippen molar-refractivity contribution in [1.82, 2.24) is 5.32 Å². The van der Waals surface area contributed by atoms with Crippen LogP contribution in [0.5, 0.6) is 0 Å². The van der Waals surface area contributed by atoms with Gasteiger partial charge < -0.3 is 10.1 Å². The first-order chi connectivity index (χ1) is 8.26. The van der Waals surface area contributed by atoms with Crippen LogP contribution in [0.4, 0.5) is 4.79 Å². The molecule has 4 nitrogen and oxygen atoms in total. The fraction of sp³-hybridized carbons (Fsp3) is 0.385. The molecule has 17 heavy (non-hydrogen) atoms. The van der Waals surface area contributed by atoms with Crippen molar-refractivity contribution in [2.24, 2.45) is 0 Å². The molecule has 0 heterocycles. The molecular formula is C13H16NO3. The van der Waals surface area contributed by atoms with Crippen LogP contribution < -0.4 is 5.32 Å². The van der Waals surface area contributed by atoms with Crippen LogP contribution in [0.3, 0.4) is 0 Å². The van der Waals surface area contributed by atoms with Crippen LogP contribution in [0.25, 0.3) is 0 Å². The summed E-state index contributed by atoms with van der Waals surface area (Å²) in [5.74, 6) is 0. The van der Waals surface area contributed by atoms with Crippen LogP contribution in [-0.4, -0.2) is 25.0 Å². The Morgan fingerprint density at radius 1 is 1.41 bits per heavy atom. The van der Waals surface area contributed by atoms with E-state index < -0.39 is 12.2 Å². The molecule has 1 atom stereocenters. The molecule has 1 rings (SSSR count). The van der Waals surface area contributed by atoms with Crippen LogP contribution >= 0.6 is 0 Å². The number of amides is 1. The molecule has 1 amide bonds. The van der Waals surface area contributed by atoms with E-state index in [2.05, 4.69) is 5.32 Å². The molecule has 0 aliphatic heterocycles. The zero-order valence-electron chi connectivity index (χ0n) is 9.81. The van der Waals surface area contributed by atoms with Gasteiger partial charge in [0.1, 0.15) is 0 Å². The van der Waals surface area contributed by atoms with Gasteiger partial charge in [0.15, 0.2) is 6.10 Å². The Balaban J connectivity index is 2.37. The lowest BCUT2D eigenvalue weighted by Gasteiger charge is -2.11. The SMILES string of the molecule is CCNC(=O)OC([C]=O)CCc1ccccc1. The Kier molecular flexibility index (Phi) is 5.79. The fourth-order valence-electron chi connectivity index (χ4n) is 1.40. The Labute approximate surface area is 101 Å². The highest BCUT2D eigenvalue weighted by atomic mass is 16.6. The molecule has 1 N–H and O–H groups in total. The second-order valence-corrected chi connectivity index (χ2v) is 3.57. The van der Waals surface area contributed by atoms with Gasteiger partial charge in [-0.1, -0.05) is 30.3 Å². The number of benzene rings is 1. The Morgan fingerprint density at radius 3 is 2.71 bits per heavy atom.